The normalized spacial score (nSPS) is 13.1. The van der Waals surface area contributed by atoms with Crippen molar-refractivity contribution in [3.05, 3.63) is 38.3 Å². The number of hydrogen-bond acceptors (Lipinski definition) is 2. The fraction of sp³-hybridized carbons (Fsp3) is 0.696. The van der Waals surface area contributed by atoms with E-state index in [2.05, 4.69) is 98.2 Å². The number of aromatic nitrogens is 1. The molecule has 1 aromatic rings. The van der Waals surface area contributed by atoms with Crippen LogP contribution in [0.3, 0.4) is 0 Å². The van der Waals surface area contributed by atoms with Crippen molar-refractivity contribution in [3.63, 3.8) is 0 Å². The van der Waals surface area contributed by atoms with Gasteiger partial charge < -0.3 is 4.90 Å². The van der Waals surface area contributed by atoms with Gasteiger partial charge in [-0.2, -0.15) is 0 Å². The second-order valence-corrected chi connectivity index (χ2v) is 26.1. The molecule has 1 aliphatic heterocycles. The first kappa shape index (κ1) is 44.7. The second-order valence-electron chi connectivity index (χ2n) is 10.6. The molecule has 1 atom stereocenters. The Morgan fingerprint density at radius 2 is 1.11 bits per heavy atom. The molecule has 12 heteroatoms. The van der Waals surface area contributed by atoms with Crippen molar-refractivity contribution < 1.29 is 44.3 Å². The average Bonchev–Trinajstić information content (AvgIpc) is 3.24. The molecule has 0 saturated carbocycles. The Balaban J connectivity index is -0.000000242. The molecule has 0 aromatic carbocycles. The summed E-state index contributed by atoms with van der Waals surface area (Å²) in [6, 6.07) is 0. The summed E-state index contributed by atoms with van der Waals surface area (Å²) in [5.41, 5.74) is 1.71. The third kappa shape index (κ3) is 16.3. The summed E-state index contributed by atoms with van der Waals surface area (Å²) in [7, 11) is -1.36. The SMILES string of the molecule is CC(C)(C)c1pc(N2CCCCC2)np1C([Si](C)(C)C)[Si](C)(C)C.[C-]#[O+].[C-]#[O+].[C-]#[O+].[C-]#[O+].[C-]#[O+].[W]. The fourth-order valence-corrected chi connectivity index (χ4v) is 26.3. The summed E-state index contributed by atoms with van der Waals surface area (Å²) in [5, 5.41) is 1.76. The number of nitrogens with zero attached hydrogens (tertiary/aromatic N) is 2. The Kier molecular flexibility index (Phi) is 29.3. The van der Waals surface area contributed by atoms with E-state index in [-0.39, 0.29) is 34.2 Å². The molecule has 0 spiro atoms. The molecule has 0 radical (unpaired) electrons. The van der Waals surface area contributed by atoms with Crippen LogP contribution in [0.5, 0.6) is 0 Å². The fourth-order valence-electron chi connectivity index (χ4n) is 4.26. The maximum atomic E-state index is 7.50. The van der Waals surface area contributed by atoms with Crippen molar-refractivity contribution in [3.8, 4) is 0 Å². The van der Waals surface area contributed by atoms with E-state index in [9.17, 15) is 0 Å². The molecule has 1 saturated heterocycles. The smallest absolute Gasteiger partial charge is 0 e. The van der Waals surface area contributed by atoms with Crippen LogP contribution >= 0.6 is 15.9 Å². The van der Waals surface area contributed by atoms with E-state index >= 15 is 0 Å². The van der Waals surface area contributed by atoms with Gasteiger partial charge in [-0.3, -0.25) is 0 Å². The van der Waals surface area contributed by atoms with Crippen molar-refractivity contribution >= 4 is 37.6 Å². The van der Waals surface area contributed by atoms with Gasteiger partial charge in [-0.1, -0.05) is 60.1 Å². The van der Waals surface area contributed by atoms with E-state index in [0.29, 0.717) is 0 Å². The van der Waals surface area contributed by atoms with Crippen LogP contribution in [0.15, 0.2) is 0 Å². The minimum atomic E-state index is -1.25. The Hall–Kier alpha value is -0.238. The molecule has 1 aromatic heterocycles. The van der Waals surface area contributed by atoms with E-state index in [1.54, 1.807) is 5.03 Å². The Morgan fingerprint density at radius 3 is 1.40 bits per heavy atom. The zero-order chi connectivity index (χ0) is 28.3. The molecule has 0 N–H and O–H groups in total. The summed E-state index contributed by atoms with van der Waals surface area (Å²) in [6.45, 7) is 47.8. The van der Waals surface area contributed by atoms with Crippen LogP contribution in [-0.2, 0) is 49.7 Å². The third-order valence-corrected chi connectivity index (χ3v) is 23.9. The minimum Gasteiger partial charge on any atom is 0 e. The molecular formula is C23H38N2O5P2Si2W. The van der Waals surface area contributed by atoms with Gasteiger partial charge in [0, 0.05) is 44.1 Å². The van der Waals surface area contributed by atoms with E-state index < -0.39 is 16.1 Å². The topological polar surface area (TPSA) is 116 Å². The Morgan fingerprint density at radius 1 is 0.771 bits per heavy atom. The quantitative estimate of drug-likeness (QED) is 0.188. The van der Waals surface area contributed by atoms with Gasteiger partial charge in [0.25, 0.3) is 0 Å². The van der Waals surface area contributed by atoms with E-state index in [4.69, 9.17) is 28.0 Å². The van der Waals surface area contributed by atoms with Gasteiger partial charge in [0.05, 0.1) is 16.1 Å². The number of anilines is 1. The Bertz CT molecular complexity index is 735. The van der Waals surface area contributed by atoms with Crippen molar-refractivity contribution in [1.29, 1.82) is 0 Å². The summed E-state index contributed by atoms with van der Waals surface area (Å²) in [5.74, 6) is 0. The maximum absolute atomic E-state index is 7.50. The molecule has 0 amide bonds. The molecule has 2 rings (SSSR count). The monoisotopic (exact) mass is 724 g/mol. The van der Waals surface area contributed by atoms with Crippen LogP contribution < -0.4 is 4.90 Å². The number of piperidine rings is 1. The van der Waals surface area contributed by atoms with Crippen LogP contribution in [0.1, 0.15) is 50.0 Å². The van der Waals surface area contributed by atoms with Crippen LogP contribution in [0.2, 0.25) is 39.3 Å². The molecule has 0 bridgehead atoms. The summed E-state index contributed by atoms with van der Waals surface area (Å²) >= 11 is 0. The standard InChI is InChI=1S/C18H38N2P2Si2.5CO.W/c1-18(2,3)15-21-16(20-13-11-10-12-14-20)19-22(15)17(23(4,5)6)24(7,8)9;5*1-2;/h17H,10-14H2,1-9H3;;;;;;. The molecular weight excluding hydrogens is 686 g/mol. The van der Waals surface area contributed by atoms with Crippen molar-refractivity contribution in [2.75, 3.05) is 18.0 Å². The van der Waals surface area contributed by atoms with Crippen LogP contribution in [-0.4, -0.2) is 34.0 Å². The molecule has 0 aliphatic carbocycles. The van der Waals surface area contributed by atoms with Crippen LogP contribution in [0.25, 0.3) is 0 Å². The third-order valence-electron chi connectivity index (χ3n) is 4.82. The second kappa shape index (κ2) is 22.9. The molecule has 7 nitrogen and oxygen atoms in total. The largest absolute Gasteiger partial charge is 0 e. The molecule has 194 valence electrons. The molecule has 1 fully saturated rings. The predicted octanol–water partition coefficient (Wildman–Crippen LogP) is 7.04. The van der Waals surface area contributed by atoms with Crippen LogP contribution in [0, 0.1) is 33.3 Å². The van der Waals surface area contributed by atoms with Gasteiger partial charge >= 0.3 is 56.5 Å². The van der Waals surface area contributed by atoms with E-state index in [1.165, 1.54) is 46.1 Å². The predicted molar refractivity (Wildman–Crippen MR) is 140 cm³/mol. The maximum Gasteiger partial charge on any atom is 0 e. The summed E-state index contributed by atoms with van der Waals surface area (Å²) in [4.78, 5) is 3.51. The van der Waals surface area contributed by atoms with Gasteiger partial charge in [0.15, 0.2) is 5.55 Å². The summed E-state index contributed by atoms with van der Waals surface area (Å²) in [6.07, 6.45) is 4.10. The zero-order valence-corrected chi connectivity index (χ0v) is 29.1. The van der Waals surface area contributed by atoms with Crippen molar-refractivity contribution in [2.45, 2.75) is 89.6 Å². The average molecular weight is 725 g/mol. The van der Waals surface area contributed by atoms with Gasteiger partial charge in [0.1, 0.15) is 0 Å². The first-order chi connectivity index (χ1) is 15.8. The van der Waals surface area contributed by atoms with Gasteiger partial charge in [-0.15, -0.1) is 0 Å². The van der Waals surface area contributed by atoms with Gasteiger partial charge in [-0.25, -0.2) is 4.75 Å². The molecule has 35 heavy (non-hydrogen) atoms. The molecule has 1 aliphatic rings. The molecule has 1 unspecified atom stereocenters. The minimum absolute atomic E-state index is 0. The first-order valence-electron chi connectivity index (χ1n) is 10.6. The van der Waals surface area contributed by atoms with Crippen LogP contribution in [0.4, 0.5) is 5.55 Å². The zero-order valence-electron chi connectivity index (χ0n) is 22.4. The van der Waals surface area contributed by atoms with Gasteiger partial charge in [0.2, 0.25) is 0 Å². The van der Waals surface area contributed by atoms with E-state index in [0.717, 1.165) is 4.91 Å². The van der Waals surface area contributed by atoms with Crippen molar-refractivity contribution in [1.82, 2.24) is 4.75 Å². The van der Waals surface area contributed by atoms with E-state index in [1.807, 2.05) is 0 Å². The number of rotatable bonds is 4. The first-order valence-corrected chi connectivity index (χ1v) is 20.0. The summed E-state index contributed by atoms with van der Waals surface area (Å²) < 4.78 is 43.0. The Labute approximate surface area is 231 Å². The number of hydrogen-bond donors (Lipinski definition) is 0. The van der Waals surface area contributed by atoms with Crippen molar-refractivity contribution in [2.24, 2.45) is 0 Å². The van der Waals surface area contributed by atoms with Gasteiger partial charge in [-0.05, 0) is 40.6 Å². The molecule has 2 heterocycles.